The molecule has 1 saturated heterocycles. The second kappa shape index (κ2) is 7.74. The lowest BCUT2D eigenvalue weighted by Gasteiger charge is -2.30. The molecule has 0 radical (unpaired) electrons. The molecule has 140 valence electrons. The maximum absolute atomic E-state index is 14.0. The molecule has 4 rings (SSSR count). The molecule has 0 atom stereocenters. The van der Waals surface area contributed by atoms with Gasteiger partial charge < -0.3 is 4.42 Å². The smallest absolute Gasteiger partial charge is 0.247 e. The lowest BCUT2D eigenvalue weighted by atomic mass is 9.96. The van der Waals surface area contributed by atoms with E-state index in [4.69, 9.17) is 16.0 Å². The average molecular weight is 390 g/mol. The summed E-state index contributed by atoms with van der Waals surface area (Å²) >= 11 is 6.12. The van der Waals surface area contributed by atoms with Crippen molar-refractivity contribution in [3.05, 3.63) is 70.6 Å². The first-order chi connectivity index (χ1) is 13.1. The van der Waals surface area contributed by atoms with Crippen LogP contribution >= 0.6 is 11.6 Å². The Balaban J connectivity index is 1.39. The van der Waals surface area contributed by atoms with Crippen LogP contribution in [0.25, 0.3) is 11.5 Å². The van der Waals surface area contributed by atoms with Crippen molar-refractivity contribution in [2.45, 2.75) is 25.3 Å². The van der Waals surface area contributed by atoms with Gasteiger partial charge in [-0.15, -0.1) is 10.2 Å². The molecule has 0 spiro atoms. The van der Waals surface area contributed by atoms with E-state index in [2.05, 4.69) is 15.1 Å². The maximum atomic E-state index is 14.0. The van der Waals surface area contributed by atoms with E-state index in [1.165, 1.54) is 18.2 Å². The van der Waals surface area contributed by atoms with Gasteiger partial charge in [0.05, 0.1) is 0 Å². The summed E-state index contributed by atoms with van der Waals surface area (Å²) < 4.78 is 32.8. The van der Waals surface area contributed by atoms with Gasteiger partial charge in [0, 0.05) is 28.6 Å². The van der Waals surface area contributed by atoms with Crippen molar-refractivity contribution in [2.24, 2.45) is 0 Å². The fourth-order valence-corrected chi connectivity index (χ4v) is 3.58. The summed E-state index contributed by atoms with van der Waals surface area (Å²) in [7, 11) is 0. The summed E-state index contributed by atoms with van der Waals surface area (Å²) in [5, 5.41) is 8.70. The number of likely N-dealkylation sites (tertiary alicyclic amines) is 1. The quantitative estimate of drug-likeness (QED) is 0.626. The average Bonchev–Trinajstić information content (AvgIpc) is 3.16. The molecule has 2 aromatic carbocycles. The highest BCUT2D eigenvalue weighted by Gasteiger charge is 2.26. The van der Waals surface area contributed by atoms with Crippen molar-refractivity contribution in [1.29, 1.82) is 0 Å². The van der Waals surface area contributed by atoms with E-state index in [9.17, 15) is 8.78 Å². The molecule has 0 unspecified atom stereocenters. The van der Waals surface area contributed by atoms with Gasteiger partial charge in [-0.1, -0.05) is 17.7 Å². The first kappa shape index (κ1) is 18.1. The third-order valence-electron chi connectivity index (χ3n) is 4.91. The predicted molar refractivity (Wildman–Crippen MR) is 98.4 cm³/mol. The molecular weight excluding hydrogens is 372 g/mol. The van der Waals surface area contributed by atoms with Crippen LogP contribution in [-0.4, -0.2) is 28.2 Å². The summed E-state index contributed by atoms with van der Waals surface area (Å²) in [5.74, 6) is 0.578. The standard InChI is InChI=1S/C20H18ClF2N3O/c21-17-2-1-3-18(23)16(17)12-26-10-8-14(9-11-26)20-25-24-19(27-20)13-4-6-15(22)7-5-13/h1-7,14H,8-12H2. The number of rotatable bonds is 4. The van der Waals surface area contributed by atoms with Crippen LogP contribution in [0.2, 0.25) is 5.02 Å². The molecule has 4 nitrogen and oxygen atoms in total. The molecule has 1 aliphatic rings. The number of hydrogen-bond acceptors (Lipinski definition) is 4. The third-order valence-corrected chi connectivity index (χ3v) is 5.27. The second-order valence-electron chi connectivity index (χ2n) is 6.70. The zero-order valence-electron chi connectivity index (χ0n) is 14.5. The van der Waals surface area contributed by atoms with E-state index >= 15 is 0 Å². The van der Waals surface area contributed by atoms with Crippen LogP contribution in [0.1, 0.15) is 30.2 Å². The highest BCUT2D eigenvalue weighted by Crippen LogP contribution is 2.31. The zero-order valence-corrected chi connectivity index (χ0v) is 15.3. The molecule has 0 saturated carbocycles. The van der Waals surface area contributed by atoms with Crippen LogP contribution in [-0.2, 0) is 6.54 Å². The SMILES string of the molecule is Fc1ccc(-c2nnc(C3CCN(Cc4c(F)cccc4Cl)CC3)o2)cc1. The van der Waals surface area contributed by atoms with Gasteiger partial charge in [-0.3, -0.25) is 4.90 Å². The van der Waals surface area contributed by atoms with Gasteiger partial charge in [0.15, 0.2) is 0 Å². The van der Waals surface area contributed by atoms with Crippen LogP contribution in [0.5, 0.6) is 0 Å². The molecule has 1 aromatic heterocycles. The Bertz CT molecular complexity index is 901. The highest BCUT2D eigenvalue weighted by atomic mass is 35.5. The molecule has 0 N–H and O–H groups in total. The minimum Gasteiger partial charge on any atom is -0.420 e. The van der Waals surface area contributed by atoms with Crippen molar-refractivity contribution in [3.8, 4) is 11.5 Å². The van der Waals surface area contributed by atoms with Crippen LogP contribution < -0.4 is 0 Å². The molecule has 0 aliphatic carbocycles. The Morgan fingerprint density at radius 2 is 1.78 bits per heavy atom. The van der Waals surface area contributed by atoms with Crippen molar-refractivity contribution in [2.75, 3.05) is 13.1 Å². The first-order valence-corrected chi connectivity index (χ1v) is 9.22. The third kappa shape index (κ3) is 4.01. The number of piperidine rings is 1. The van der Waals surface area contributed by atoms with Gasteiger partial charge in [-0.25, -0.2) is 8.78 Å². The van der Waals surface area contributed by atoms with E-state index in [-0.39, 0.29) is 17.6 Å². The van der Waals surface area contributed by atoms with Gasteiger partial charge in [0.2, 0.25) is 11.8 Å². The Kier molecular flexibility index (Phi) is 5.18. The Labute approximate surface area is 160 Å². The Hall–Kier alpha value is -2.31. The Morgan fingerprint density at radius 3 is 2.48 bits per heavy atom. The molecule has 1 aliphatic heterocycles. The zero-order chi connectivity index (χ0) is 18.8. The lowest BCUT2D eigenvalue weighted by molar-refractivity contribution is 0.191. The minimum absolute atomic E-state index is 0.166. The van der Waals surface area contributed by atoms with Crippen LogP contribution in [0.15, 0.2) is 46.9 Å². The summed E-state index contributed by atoms with van der Waals surface area (Å²) in [4.78, 5) is 2.18. The molecular formula is C20H18ClF2N3O. The van der Waals surface area contributed by atoms with Crippen molar-refractivity contribution in [3.63, 3.8) is 0 Å². The number of halogens is 3. The second-order valence-corrected chi connectivity index (χ2v) is 7.11. The number of hydrogen-bond donors (Lipinski definition) is 0. The first-order valence-electron chi connectivity index (χ1n) is 8.85. The van der Waals surface area contributed by atoms with Gasteiger partial charge in [0.1, 0.15) is 11.6 Å². The lowest BCUT2D eigenvalue weighted by Crippen LogP contribution is -2.33. The van der Waals surface area contributed by atoms with E-state index in [0.29, 0.717) is 34.5 Å². The highest BCUT2D eigenvalue weighted by molar-refractivity contribution is 6.31. The molecule has 3 aromatic rings. The van der Waals surface area contributed by atoms with Crippen molar-refractivity contribution >= 4 is 11.6 Å². The number of aromatic nitrogens is 2. The number of nitrogens with zero attached hydrogens (tertiary/aromatic N) is 3. The van der Waals surface area contributed by atoms with Crippen LogP contribution in [0, 0.1) is 11.6 Å². The van der Waals surface area contributed by atoms with Gasteiger partial charge in [-0.05, 0) is 62.3 Å². The van der Waals surface area contributed by atoms with E-state index < -0.39 is 0 Å². The van der Waals surface area contributed by atoms with Gasteiger partial charge >= 0.3 is 0 Å². The summed E-state index contributed by atoms with van der Waals surface area (Å²) in [5.41, 5.74) is 1.23. The molecule has 2 heterocycles. The Morgan fingerprint density at radius 1 is 1.04 bits per heavy atom. The van der Waals surface area contributed by atoms with Gasteiger partial charge in [0.25, 0.3) is 0 Å². The maximum Gasteiger partial charge on any atom is 0.247 e. The van der Waals surface area contributed by atoms with Crippen molar-refractivity contribution < 1.29 is 13.2 Å². The van der Waals surface area contributed by atoms with Gasteiger partial charge in [-0.2, -0.15) is 0 Å². The minimum atomic E-state index is -0.305. The fraction of sp³-hybridized carbons (Fsp3) is 0.300. The van der Waals surface area contributed by atoms with Crippen molar-refractivity contribution in [1.82, 2.24) is 15.1 Å². The molecule has 0 bridgehead atoms. The fourth-order valence-electron chi connectivity index (χ4n) is 3.35. The predicted octanol–water partition coefficient (Wildman–Crippen LogP) is 5.05. The molecule has 0 amide bonds. The van der Waals surface area contributed by atoms with Crippen LogP contribution in [0.4, 0.5) is 8.78 Å². The topological polar surface area (TPSA) is 42.2 Å². The summed E-state index contributed by atoms with van der Waals surface area (Å²) in [6, 6.07) is 10.7. The summed E-state index contributed by atoms with van der Waals surface area (Å²) in [6.45, 7) is 2.08. The largest absolute Gasteiger partial charge is 0.420 e. The monoisotopic (exact) mass is 389 g/mol. The van der Waals surface area contributed by atoms with E-state index in [1.54, 1.807) is 24.3 Å². The number of benzene rings is 2. The summed E-state index contributed by atoms with van der Waals surface area (Å²) in [6.07, 6.45) is 1.69. The molecule has 27 heavy (non-hydrogen) atoms. The van der Waals surface area contributed by atoms with Crippen LogP contribution in [0.3, 0.4) is 0 Å². The van der Waals surface area contributed by atoms with E-state index in [0.717, 1.165) is 25.9 Å². The molecule has 1 fully saturated rings. The van der Waals surface area contributed by atoms with E-state index in [1.807, 2.05) is 0 Å². The molecule has 7 heteroatoms. The normalized spacial score (nSPS) is 16.0.